The molecule has 0 spiro atoms. The van der Waals surface area contributed by atoms with Gasteiger partial charge in [0.2, 0.25) is 0 Å². The summed E-state index contributed by atoms with van der Waals surface area (Å²) in [5.41, 5.74) is 1.43. The lowest BCUT2D eigenvalue weighted by Crippen LogP contribution is -2.28. The molecular weight excluding hydrogens is 417 g/mol. The van der Waals surface area contributed by atoms with Crippen molar-refractivity contribution in [3.8, 4) is 0 Å². The second kappa shape index (κ2) is 8.06. The summed E-state index contributed by atoms with van der Waals surface area (Å²) in [5, 5.41) is -0.701. The van der Waals surface area contributed by atoms with Crippen molar-refractivity contribution in [3.63, 3.8) is 0 Å². The molecule has 0 N–H and O–H groups in total. The van der Waals surface area contributed by atoms with E-state index in [0.29, 0.717) is 10.6 Å². The minimum Gasteiger partial charge on any atom is -0.462 e. The zero-order chi connectivity index (χ0) is 17.9. The summed E-state index contributed by atoms with van der Waals surface area (Å²) in [6.45, 7) is 3.80. The van der Waals surface area contributed by atoms with Gasteiger partial charge in [0.1, 0.15) is 4.91 Å². The first-order valence-electron chi connectivity index (χ1n) is 7.18. The molecule has 0 aliphatic carbocycles. The number of halogens is 1. The van der Waals surface area contributed by atoms with E-state index < -0.39 is 18.7 Å². The second-order valence-corrected chi connectivity index (χ2v) is 9.49. The molecule has 24 heavy (non-hydrogen) atoms. The Hall–Kier alpha value is -0.790. The molecule has 0 amide bonds. The normalized spacial score (nSPS) is 18.2. The third kappa shape index (κ3) is 3.73. The third-order valence-corrected chi connectivity index (χ3v) is 8.01. The topological polar surface area (TPSA) is 65.1 Å². The summed E-state index contributed by atoms with van der Waals surface area (Å²) < 4.78 is 29.3. The van der Waals surface area contributed by atoms with Crippen molar-refractivity contribution in [2.24, 2.45) is 0 Å². The van der Waals surface area contributed by atoms with E-state index in [2.05, 4.69) is 15.9 Å². The van der Waals surface area contributed by atoms with Crippen molar-refractivity contribution in [2.45, 2.75) is 19.0 Å². The Morgan fingerprint density at radius 2 is 1.88 bits per heavy atom. The molecule has 1 heterocycles. The van der Waals surface area contributed by atoms with Crippen LogP contribution in [0.2, 0.25) is 0 Å². The quantitative estimate of drug-likeness (QED) is 0.478. The number of anilines is 1. The fourth-order valence-electron chi connectivity index (χ4n) is 2.29. The second-order valence-electron chi connectivity index (χ2n) is 4.83. The zero-order valence-electron chi connectivity index (χ0n) is 13.8. The van der Waals surface area contributed by atoms with Gasteiger partial charge in [-0.1, -0.05) is 27.7 Å². The highest BCUT2D eigenvalue weighted by molar-refractivity contribution is 9.10. The fourth-order valence-corrected chi connectivity index (χ4v) is 6.03. The number of hydrogen-bond donors (Lipinski definition) is 0. The fraction of sp³-hybridized carbons (Fsp3) is 0.400. The highest BCUT2D eigenvalue weighted by Gasteiger charge is 2.47. The van der Waals surface area contributed by atoms with Gasteiger partial charge in [0.05, 0.1) is 6.61 Å². The van der Waals surface area contributed by atoms with Crippen LogP contribution in [0, 0.1) is 0 Å². The van der Waals surface area contributed by atoms with Crippen LogP contribution in [-0.4, -0.2) is 31.9 Å². The predicted molar refractivity (Wildman–Crippen MR) is 99.0 cm³/mol. The lowest BCUT2D eigenvalue weighted by Gasteiger charge is -2.31. The van der Waals surface area contributed by atoms with Crippen LogP contribution in [0.1, 0.15) is 13.8 Å². The van der Waals surface area contributed by atoms with E-state index in [1.54, 1.807) is 18.7 Å². The number of benzene rings is 1. The molecule has 9 heteroatoms. The van der Waals surface area contributed by atoms with Gasteiger partial charge in [-0.3, -0.25) is 4.57 Å². The highest BCUT2D eigenvalue weighted by Crippen LogP contribution is 2.63. The van der Waals surface area contributed by atoms with Gasteiger partial charge < -0.3 is 18.7 Å². The largest absolute Gasteiger partial charge is 0.462 e. The Balaban J connectivity index is 2.50. The van der Waals surface area contributed by atoms with Gasteiger partial charge >= 0.3 is 13.6 Å². The number of nitrogens with zero attached hydrogens (tertiary/aromatic N) is 1. The molecule has 1 aromatic carbocycles. The predicted octanol–water partition coefficient (Wildman–Crippen LogP) is 4.57. The molecular formula is C15H19BrNO5PS. The van der Waals surface area contributed by atoms with Crippen molar-refractivity contribution >= 4 is 46.9 Å². The molecule has 0 saturated carbocycles. The van der Waals surface area contributed by atoms with Crippen LogP contribution in [0.15, 0.2) is 39.3 Å². The van der Waals surface area contributed by atoms with Crippen LogP contribution in [0.5, 0.6) is 0 Å². The molecule has 132 valence electrons. The molecule has 1 unspecified atom stereocenters. The van der Waals surface area contributed by atoms with Gasteiger partial charge in [-0.2, -0.15) is 0 Å². The maximum atomic E-state index is 13.0. The van der Waals surface area contributed by atoms with Crippen LogP contribution in [-0.2, 0) is 23.1 Å². The average Bonchev–Trinajstić information content (AvgIpc) is 2.93. The first-order chi connectivity index (χ1) is 11.4. The number of carbonyl (C=O) groups is 1. The lowest BCUT2D eigenvalue weighted by molar-refractivity contribution is -0.137. The molecule has 0 saturated heterocycles. The maximum Gasteiger partial charge on any atom is 0.363 e. The summed E-state index contributed by atoms with van der Waals surface area (Å²) >= 11 is 4.53. The van der Waals surface area contributed by atoms with Gasteiger partial charge in [0.15, 0.2) is 5.11 Å². The summed E-state index contributed by atoms with van der Waals surface area (Å²) in [6.07, 6.45) is 0. The summed E-state index contributed by atoms with van der Waals surface area (Å²) in [6, 6.07) is 7.48. The van der Waals surface area contributed by atoms with E-state index >= 15 is 0 Å². The van der Waals surface area contributed by atoms with E-state index in [-0.39, 0.29) is 6.61 Å². The number of ether oxygens (including phenoxy) is 1. The summed E-state index contributed by atoms with van der Waals surface area (Å²) in [4.78, 5) is 14.4. The minimum atomic E-state index is -3.47. The minimum absolute atomic E-state index is 0.269. The molecule has 1 aliphatic heterocycles. The Morgan fingerprint density at radius 3 is 2.38 bits per heavy atom. The van der Waals surface area contributed by atoms with Crippen LogP contribution in [0.3, 0.4) is 0 Å². The number of thioether (sulfide) groups is 1. The van der Waals surface area contributed by atoms with Crippen LogP contribution in [0.25, 0.3) is 0 Å². The summed E-state index contributed by atoms with van der Waals surface area (Å²) in [5.74, 6) is -0.441. The molecule has 0 aromatic heterocycles. The first kappa shape index (κ1) is 19.5. The van der Waals surface area contributed by atoms with E-state index in [1.165, 1.54) is 14.2 Å². The molecule has 6 nitrogen and oxygen atoms in total. The van der Waals surface area contributed by atoms with Gasteiger partial charge in [-0.25, -0.2) is 4.79 Å². The van der Waals surface area contributed by atoms with Crippen LogP contribution >= 0.6 is 35.3 Å². The number of esters is 1. The standard InChI is InChI=1S/C15H19BrNO5PS/c1-5-22-14(18)13-10(2)17(12-8-6-11(16)7-9-12)15(24-13)23(19,20-3)21-4/h6-9,15H,5H2,1-4H3. The van der Waals surface area contributed by atoms with E-state index in [0.717, 1.165) is 21.9 Å². The number of allylic oxidation sites excluding steroid dienone is 1. The van der Waals surface area contributed by atoms with E-state index in [1.807, 2.05) is 24.3 Å². The van der Waals surface area contributed by atoms with Crippen molar-refractivity contribution < 1.29 is 23.1 Å². The Morgan fingerprint density at radius 1 is 1.29 bits per heavy atom. The third-order valence-electron chi connectivity index (χ3n) is 3.48. The van der Waals surface area contributed by atoms with Crippen molar-refractivity contribution in [2.75, 3.05) is 25.7 Å². The van der Waals surface area contributed by atoms with E-state index in [9.17, 15) is 9.36 Å². The Labute approximate surface area is 154 Å². The Bertz CT molecular complexity index is 686. The van der Waals surface area contributed by atoms with Crippen LogP contribution < -0.4 is 4.90 Å². The molecule has 1 aromatic rings. The highest BCUT2D eigenvalue weighted by atomic mass is 79.9. The first-order valence-corrected chi connectivity index (χ1v) is 10.5. The maximum absolute atomic E-state index is 13.0. The number of rotatable bonds is 6. The lowest BCUT2D eigenvalue weighted by atomic mass is 10.2. The molecule has 1 aliphatic rings. The number of carbonyl (C=O) groups excluding carboxylic acids is 1. The van der Waals surface area contributed by atoms with Crippen LogP contribution in [0.4, 0.5) is 5.69 Å². The van der Waals surface area contributed by atoms with Gasteiger partial charge in [-0.15, -0.1) is 0 Å². The monoisotopic (exact) mass is 435 g/mol. The SMILES string of the molecule is CCOC(=O)C1=C(C)N(c2ccc(Br)cc2)C(P(=O)(OC)OC)S1. The molecule has 0 radical (unpaired) electrons. The smallest absolute Gasteiger partial charge is 0.363 e. The van der Waals surface area contributed by atoms with Gasteiger partial charge in [-0.05, 0) is 38.1 Å². The van der Waals surface area contributed by atoms with Gasteiger partial charge in [0.25, 0.3) is 0 Å². The van der Waals surface area contributed by atoms with E-state index in [4.69, 9.17) is 13.8 Å². The van der Waals surface area contributed by atoms with Crippen molar-refractivity contribution in [1.82, 2.24) is 0 Å². The molecule has 2 rings (SSSR count). The van der Waals surface area contributed by atoms with Crippen molar-refractivity contribution in [1.29, 1.82) is 0 Å². The number of hydrogen-bond acceptors (Lipinski definition) is 7. The molecule has 0 fully saturated rings. The molecule has 0 bridgehead atoms. The zero-order valence-corrected chi connectivity index (χ0v) is 17.1. The van der Waals surface area contributed by atoms with Gasteiger partial charge in [0, 0.05) is 30.1 Å². The Kier molecular flexibility index (Phi) is 6.56. The molecule has 1 atom stereocenters. The average molecular weight is 436 g/mol. The van der Waals surface area contributed by atoms with Crippen molar-refractivity contribution in [3.05, 3.63) is 39.3 Å². The summed E-state index contributed by atoms with van der Waals surface area (Å²) in [7, 11) is -0.797.